The van der Waals surface area contributed by atoms with E-state index in [-0.39, 0.29) is 5.41 Å². The van der Waals surface area contributed by atoms with Crippen LogP contribution in [-0.2, 0) is 5.41 Å². The zero-order chi connectivity index (χ0) is 13.7. The Kier molecular flexibility index (Phi) is 5.35. The van der Waals surface area contributed by atoms with Crippen LogP contribution in [0.25, 0.3) is 0 Å². The molecular formula is C15H19F2. The Balaban J connectivity index is 0.000000366. The van der Waals surface area contributed by atoms with Gasteiger partial charge in [-0.15, -0.1) is 6.42 Å². The lowest BCUT2D eigenvalue weighted by atomic mass is 9.84. The van der Waals surface area contributed by atoms with E-state index in [1.54, 1.807) is 0 Å². The van der Waals surface area contributed by atoms with Crippen LogP contribution in [-0.4, -0.2) is 5.92 Å². The van der Waals surface area contributed by atoms with E-state index in [4.69, 9.17) is 0 Å². The number of hydrogen-bond acceptors (Lipinski definition) is 0. The Bertz CT molecular complexity index is 387. The molecule has 1 aromatic rings. The molecule has 2 heteroatoms. The first-order valence-corrected chi connectivity index (χ1v) is 5.35. The summed E-state index contributed by atoms with van der Waals surface area (Å²) < 4.78 is 22.4. The fraction of sp³-hybridized carbons (Fsp3) is 0.400. The maximum absolute atomic E-state index is 11.2. The highest BCUT2D eigenvalue weighted by Gasteiger charge is 2.14. The van der Waals surface area contributed by atoms with Crippen LogP contribution in [0.5, 0.6) is 0 Å². The van der Waals surface area contributed by atoms with Crippen LogP contribution in [0.15, 0.2) is 24.3 Å². The second-order valence-electron chi connectivity index (χ2n) is 4.94. The molecule has 0 aliphatic carbocycles. The van der Waals surface area contributed by atoms with Crippen LogP contribution < -0.4 is 0 Å². The highest BCUT2D eigenvalue weighted by molar-refractivity contribution is 5.34. The molecule has 0 amide bonds. The van der Waals surface area contributed by atoms with Crippen molar-refractivity contribution in [3.8, 4) is 12.3 Å². The van der Waals surface area contributed by atoms with E-state index in [2.05, 4.69) is 52.3 Å². The summed E-state index contributed by atoms with van der Waals surface area (Å²) in [6.07, 6.45) is 4.31. The number of alkyl halides is 2. The van der Waals surface area contributed by atoms with Crippen molar-refractivity contribution < 1.29 is 8.78 Å². The molecule has 0 heterocycles. The third-order valence-electron chi connectivity index (χ3n) is 2.08. The summed E-state index contributed by atoms with van der Waals surface area (Å²) >= 11 is 0. The fourth-order valence-corrected chi connectivity index (χ4v) is 1.25. The van der Waals surface area contributed by atoms with Crippen LogP contribution in [0.3, 0.4) is 0 Å². The molecule has 0 unspecified atom stereocenters. The molecule has 0 saturated heterocycles. The van der Waals surface area contributed by atoms with Gasteiger partial charge in [-0.25, -0.2) is 0 Å². The van der Waals surface area contributed by atoms with Gasteiger partial charge in [-0.05, 0) is 29.4 Å². The van der Waals surface area contributed by atoms with Crippen molar-refractivity contribution in [2.45, 2.75) is 39.0 Å². The van der Waals surface area contributed by atoms with Gasteiger partial charge in [-0.3, -0.25) is 0 Å². The molecule has 0 N–H and O–H groups in total. The van der Waals surface area contributed by atoms with Crippen LogP contribution in [0.4, 0.5) is 8.78 Å². The van der Waals surface area contributed by atoms with Gasteiger partial charge in [0.2, 0.25) is 0 Å². The molecule has 1 aromatic carbocycles. The lowest BCUT2D eigenvalue weighted by Crippen LogP contribution is -2.12. The molecule has 93 valence electrons. The predicted molar refractivity (Wildman–Crippen MR) is 69.1 cm³/mol. The molecule has 1 rings (SSSR count). The predicted octanol–water partition coefficient (Wildman–Crippen LogP) is 4.44. The van der Waals surface area contributed by atoms with Gasteiger partial charge < -0.3 is 0 Å². The minimum Gasteiger partial charge on any atom is -0.192 e. The van der Waals surface area contributed by atoms with Gasteiger partial charge in [-0.1, -0.05) is 45.0 Å². The van der Waals surface area contributed by atoms with Crippen LogP contribution >= 0.6 is 0 Å². The van der Waals surface area contributed by atoms with Crippen molar-refractivity contribution in [1.82, 2.24) is 0 Å². The van der Waals surface area contributed by atoms with Crippen molar-refractivity contribution >= 4 is 0 Å². The Morgan fingerprint density at radius 2 is 1.53 bits per heavy atom. The van der Waals surface area contributed by atoms with E-state index in [1.807, 2.05) is 6.07 Å². The Hall–Kier alpha value is -1.36. The maximum atomic E-state index is 11.2. The molecule has 0 aromatic heterocycles. The minimum absolute atomic E-state index is 0.221. The van der Waals surface area contributed by atoms with Gasteiger partial charge in [0.25, 0.3) is 0 Å². The molecule has 0 bridgehead atoms. The Morgan fingerprint density at radius 3 is 1.76 bits per heavy atom. The number of hydrogen-bond donors (Lipinski definition) is 0. The lowest BCUT2D eigenvalue weighted by Gasteiger charge is -2.20. The monoisotopic (exact) mass is 237 g/mol. The number of benzene rings is 1. The van der Waals surface area contributed by atoms with Gasteiger partial charge in [0.15, 0.2) is 0 Å². The molecule has 0 aliphatic rings. The third kappa shape index (κ3) is 6.73. The first kappa shape index (κ1) is 15.6. The average molecular weight is 237 g/mol. The number of rotatable bonds is 0. The summed E-state index contributed by atoms with van der Waals surface area (Å²) in [7, 11) is 0. The molecule has 0 spiro atoms. The van der Waals surface area contributed by atoms with E-state index in [9.17, 15) is 8.78 Å². The van der Waals surface area contributed by atoms with Gasteiger partial charge >= 0.3 is 5.92 Å². The summed E-state index contributed by atoms with van der Waals surface area (Å²) in [4.78, 5) is 0. The van der Waals surface area contributed by atoms with Gasteiger partial charge in [0.05, 0.1) is 0 Å². The summed E-state index contributed by atoms with van der Waals surface area (Å²) in [5, 5.41) is 0. The van der Waals surface area contributed by atoms with Crippen LogP contribution in [0.1, 0.15) is 38.8 Å². The summed E-state index contributed by atoms with van der Waals surface area (Å²) in [5.41, 5.74) is 2.69. The molecule has 1 radical (unpaired) electrons. The highest BCUT2D eigenvalue weighted by atomic mass is 19.3. The summed E-state index contributed by atoms with van der Waals surface area (Å²) in [6, 6.07) is 8.29. The first-order chi connectivity index (χ1) is 7.58. The largest absolute Gasteiger partial charge is 0.305 e. The van der Waals surface area contributed by atoms with E-state index >= 15 is 0 Å². The molecule has 0 nitrogen and oxygen atoms in total. The van der Waals surface area contributed by atoms with Crippen molar-refractivity contribution in [2.24, 2.45) is 0 Å². The Morgan fingerprint density at radius 1 is 1.12 bits per heavy atom. The second-order valence-corrected chi connectivity index (χ2v) is 4.94. The van der Waals surface area contributed by atoms with Crippen LogP contribution in [0.2, 0.25) is 0 Å². The van der Waals surface area contributed by atoms with E-state index in [0.29, 0.717) is 6.92 Å². The number of halogens is 2. The third-order valence-corrected chi connectivity index (χ3v) is 2.08. The zero-order valence-corrected chi connectivity index (χ0v) is 10.8. The molecule has 17 heavy (non-hydrogen) atoms. The van der Waals surface area contributed by atoms with Gasteiger partial charge in [0, 0.05) is 6.92 Å². The van der Waals surface area contributed by atoms with Crippen molar-refractivity contribution in [1.29, 1.82) is 0 Å². The molecular weight excluding hydrogens is 218 g/mol. The van der Waals surface area contributed by atoms with Crippen molar-refractivity contribution in [3.05, 3.63) is 42.3 Å². The van der Waals surface area contributed by atoms with Crippen molar-refractivity contribution in [2.75, 3.05) is 0 Å². The standard InChI is InChI=1S/C11H15.C4H4F2/c1-9-7-5-6-8-10(9)11(2,3)4;1-3-4(2,5)6/h5-8H,1H2,2-4H3;1H,2H3. The molecule has 0 atom stereocenters. The van der Waals surface area contributed by atoms with E-state index in [0.717, 1.165) is 5.56 Å². The van der Waals surface area contributed by atoms with E-state index in [1.165, 1.54) is 11.5 Å². The smallest absolute Gasteiger partial charge is 0.192 e. The SMILES string of the molecule is C#CC(C)(F)F.[CH2]c1ccccc1C(C)(C)C. The molecule has 0 fully saturated rings. The molecule has 0 aliphatic heterocycles. The topological polar surface area (TPSA) is 0 Å². The lowest BCUT2D eigenvalue weighted by molar-refractivity contribution is 0.0891. The normalized spacial score (nSPS) is 11.2. The average Bonchev–Trinajstić information content (AvgIpc) is 2.16. The quantitative estimate of drug-likeness (QED) is 0.585. The fourth-order valence-electron chi connectivity index (χ4n) is 1.25. The first-order valence-electron chi connectivity index (χ1n) is 5.35. The highest BCUT2D eigenvalue weighted by Crippen LogP contribution is 2.24. The van der Waals surface area contributed by atoms with Crippen LogP contribution in [0, 0.1) is 19.3 Å². The van der Waals surface area contributed by atoms with Gasteiger partial charge in [0.1, 0.15) is 0 Å². The Labute approximate surface area is 103 Å². The van der Waals surface area contributed by atoms with Gasteiger partial charge in [-0.2, -0.15) is 8.78 Å². The molecule has 0 saturated carbocycles. The zero-order valence-electron chi connectivity index (χ0n) is 10.8. The maximum Gasteiger partial charge on any atom is 0.305 e. The number of terminal acetylenes is 1. The van der Waals surface area contributed by atoms with E-state index < -0.39 is 5.92 Å². The van der Waals surface area contributed by atoms with Crippen molar-refractivity contribution in [3.63, 3.8) is 0 Å². The summed E-state index contributed by atoms with van der Waals surface area (Å²) in [5.74, 6) is -1.66. The second kappa shape index (κ2) is 5.82. The summed E-state index contributed by atoms with van der Waals surface area (Å²) in [6.45, 7) is 11.3. The minimum atomic E-state index is -2.93.